The van der Waals surface area contributed by atoms with E-state index in [1.807, 2.05) is 0 Å². The van der Waals surface area contributed by atoms with E-state index in [1.165, 1.54) is 0 Å². The molecular weight excluding hydrogens is 266 g/mol. The molecule has 0 bridgehead atoms. The lowest BCUT2D eigenvalue weighted by Crippen LogP contribution is -2.11. The van der Waals surface area contributed by atoms with Gasteiger partial charge < -0.3 is 4.42 Å². The lowest BCUT2D eigenvalue weighted by molar-refractivity contribution is 0.102. The molecule has 1 aromatic carbocycles. The van der Waals surface area contributed by atoms with Crippen molar-refractivity contribution >= 4 is 34.8 Å². The number of hydrogen-bond acceptors (Lipinski definition) is 4. The van der Waals surface area contributed by atoms with Crippen molar-refractivity contribution in [3.05, 3.63) is 53.2 Å². The van der Waals surface area contributed by atoms with E-state index in [2.05, 4.69) is 15.3 Å². The summed E-state index contributed by atoms with van der Waals surface area (Å²) in [6.07, 6.45) is 1.61. The summed E-state index contributed by atoms with van der Waals surface area (Å²) >= 11 is 5.76. The van der Waals surface area contributed by atoms with Crippen LogP contribution < -0.4 is 5.32 Å². The van der Waals surface area contributed by atoms with Gasteiger partial charge in [0.25, 0.3) is 5.91 Å². The SMILES string of the molecule is O=C(Nc1nc2ncccc2o1)c1ccc(Cl)cc1. The van der Waals surface area contributed by atoms with Crippen molar-refractivity contribution in [3.8, 4) is 0 Å². The number of rotatable bonds is 2. The zero-order valence-corrected chi connectivity index (χ0v) is 10.4. The molecule has 6 heteroatoms. The van der Waals surface area contributed by atoms with Gasteiger partial charge >= 0.3 is 6.01 Å². The summed E-state index contributed by atoms with van der Waals surface area (Å²) in [5.74, 6) is -0.316. The highest BCUT2D eigenvalue weighted by molar-refractivity contribution is 6.30. The first kappa shape index (κ1) is 11.7. The first-order valence-corrected chi connectivity index (χ1v) is 5.89. The van der Waals surface area contributed by atoms with Crippen LogP contribution in [0.1, 0.15) is 10.4 Å². The van der Waals surface area contributed by atoms with Gasteiger partial charge in [0.1, 0.15) is 0 Å². The van der Waals surface area contributed by atoms with E-state index >= 15 is 0 Å². The number of oxazole rings is 1. The van der Waals surface area contributed by atoms with Gasteiger partial charge in [0.15, 0.2) is 5.58 Å². The van der Waals surface area contributed by atoms with Gasteiger partial charge in [-0.1, -0.05) is 11.6 Å². The normalized spacial score (nSPS) is 10.6. The van der Waals surface area contributed by atoms with Crippen LogP contribution in [0, 0.1) is 0 Å². The minimum Gasteiger partial charge on any atom is -0.421 e. The number of carbonyl (C=O) groups is 1. The summed E-state index contributed by atoms with van der Waals surface area (Å²) in [6, 6.07) is 10.1. The summed E-state index contributed by atoms with van der Waals surface area (Å²) in [5, 5.41) is 3.14. The number of hydrogen-bond donors (Lipinski definition) is 1. The number of amides is 1. The molecule has 0 saturated carbocycles. The van der Waals surface area contributed by atoms with Gasteiger partial charge in [0, 0.05) is 16.8 Å². The van der Waals surface area contributed by atoms with Crippen molar-refractivity contribution in [3.63, 3.8) is 0 Å². The van der Waals surface area contributed by atoms with Gasteiger partial charge in [-0.15, -0.1) is 0 Å². The number of halogens is 1. The third kappa shape index (κ3) is 2.41. The monoisotopic (exact) mass is 273 g/mol. The van der Waals surface area contributed by atoms with Crippen LogP contribution in [0.5, 0.6) is 0 Å². The molecule has 0 aliphatic rings. The van der Waals surface area contributed by atoms with Crippen LogP contribution in [-0.4, -0.2) is 15.9 Å². The number of anilines is 1. The molecule has 5 nitrogen and oxygen atoms in total. The lowest BCUT2D eigenvalue weighted by atomic mass is 10.2. The molecule has 0 aliphatic carbocycles. The third-order valence-electron chi connectivity index (χ3n) is 2.49. The second-order valence-corrected chi connectivity index (χ2v) is 4.24. The zero-order chi connectivity index (χ0) is 13.2. The van der Waals surface area contributed by atoms with Gasteiger partial charge in [-0.2, -0.15) is 4.98 Å². The lowest BCUT2D eigenvalue weighted by Gasteiger charge is -2.00. The molecule has 2 heterocycles. The van der Waals surface area contributed by atoms with Crippen LogP contribution in [0.15, 0.2) is 47.0 Å². The number of nitrogens with zero attached hydrogens (tertiary/aromatic N) is 2. The van der Waals surface area contributed by atoms with Crippen molar-refractivity contribution in [2.24, 2.45) is 0 Å². The molecule has 0 saturated heterocycles. The molecule has 0 radical (unpaired) electrons. The van der Waals surface area contributed by atoms with Crippen LogP contribution >= 0.6 is 11.6 Å². The molecule has 94 valence electrons. The molecular formula is C13H8ClN3O2. The fourth-order valence-electron chi connectivity index (χ4n) is 1.59. The second-order valence-electron chi connectivity index (χ2n) is 3.81. The van der Waals surface area contributed by atoms with Gasteiger partial charge in [-0.05, 0) is 36.4 Å². The first-order valence-electron chi connectivity index (χ1n) is 5.51. The Hall–Kier alpha value is -2.40. The third-order valence-corrected chi connectivity index (χ3v) is 2.74. The predicted octanol–water partition coefficient (Wildman–Crippen LogP) is 3.13. The quantitative estimate of drug-likeness (QED) is 0.779. The van der Waals surface area contributed by atoms with E-state index < -0.39 is 0 Å². The number of benzene rings is 1. The molecule has 3 aromatic rings. The average molecular weight is 274 g/mol. The number of nitrogens with one attached hydrogen (secondary N) is 1. The Morgan fingerprint density at radius 2 is 2.00 bits per heavy atom. The summed E-state index contributed by atoms with van der Waals surface area (Å²) < 4.78 is 5.35. The fourth-order valence-corrected chi connectivity index (χ4v) is 1.72. The maximum atomic E-state index is 11.9. The average Bonchev–Trinajstić information content (AvgIpc) is 2.81. The van der Waals surface area contributed by atoms with E-state index in [9.17, 15) is 4.79 Å². The molecule has 1 N–H and O–H groups in total. The van der Waals surface area contributed by atoms with Crippen LogP contribution in [0.25, 0.3) is 11.2 Å². The molecule has 3 rings (SSSR count). The van der Waals surface area contributed by atoms with Crippen molar-refractivity contribution < 1.29 is 9.21 Å². The fraction of sp³-hybridized carbons (Fsp3) is 0. The van der Waals surface area contributed by atoms with Crippen LogP contribution in [-0.2, 0) is 0 Å². The maximum Gasteiger partial charge on any atom is 0.304 e. The Kier molecular flexibility index (Phi) is 2.89. The standard InChI is InChI=1S/C13H8ClN3O2/c14-9-5-3-8(4-6-9)12(18)17-13-16-11-10(19-13)2-1-7-15-11/h1-7H,(H,15,16,17,18). The van der Waals surface area contributed by atoms with E-state index in [0.29, 0.717) is 21.8 Å². The molecule has 0 fully saturated rings. The molecule has 0 unspecified atom stereocenters. The van der Waals surface area contributed by atoms with Crippen molar-refractivity contribution in [1.82, 2.24) is 9.97 Å². The van der Waals surface area contributed by atoms with Gasteiger partial charge in [-0.3, -0.25) is 10.1 Å². The molecule has 19 heavy (non-hydrogen) atoms. The maximum absolute atomic E-state index is 11.9. The van der Waals surface area contributed by atoms with Crippen LogP contribution in [0.4, 0.5) is 6.01 Å². The number of aromatic nitrogens is 2. The second kappa shape index (κ2) is 4.70. The molecule has 0 aliphatic heterocycles. The largest absolute Gasteiger partial charge is 0.421 e. The van der Waals surface area contributed by atoms with Crippen molar-refractivity contribution in [2.45, 2.75) is 0 Å². The summed E-state index contributed by atoms with van der Waals surface area (Å²) in [4.78, 5) is 20.0. The highest BCUT2D eigenvalue weighted by Gasteiger charge is 2.11. The van der Waals surface area contributed by atoms with Gasteiger partial charge in [0.05, 0.1) is 0 Å². The Morgan fingerprint density at radius 1 is 1.21 bits per heavy atom. The summed E-state index contributed by atoms with van der Waals surface area (Å²) in [5.41, 5.74) is 1.45. The van der Waals surface area contributed by atoms with Gasteiger partial charge in [-0.25, -0.2) is 4.98 Å². The number of carbonyl (C=O) groups excluding carboxylic acids is 1. The number of fused-ring (bicyclic) bond motifs is 1. The van der Waals surface area contributed by atoms with E-state index in [4.69, 9.17) is 16.0 Å². The Labute approximate surface area is 113 Å². The summed E-state index contributed by atoms with van der Waals surface area (Å²) in [6.45, 7) is 0. The highest BCUT2D eigenvalue weighted by atomic mass is 35.5. The number of pyridine rings is 1. The highest BCUT2D eigenvalue weighted by Crippen LogP contribution is 2.17. The molecule has 0 atom stereocenters. The van der Waals surface area contributed by atoms with Gasteiger partial charge in [0.2, 0.25) is 5.65 Å². The van der Waals surface area contributed by atoms with E-state index in [0.717, 1.165) is 0 Å². The zero-order valence-electron chi connectivity index (χ0n) is 9.63. The Balaban J connectivity index is 1.84. The van der Waals surface area contributed by atoms with Crippen LogP contribution in [0.2, 0.25) is 5.02 Å². The van der Waals surface area contributed by atoms with E-state index in [1.54, 1.807) is 42.6 Å². The topological polar surface area (TPSA) is 68.0 Å². The smallest absolute Gasteiger partial charge is 0.304 e. The first-order chi connectivity index (χ1) is 9.22. The Bertz CT molecular complexity index is 704. The molecule has 2 aromatic heterocycles. The summed E-state index contributed by atoms with van der Waals surface area (Å²) in [7, 11) is 0. The van der Waals surface area contributed by atoms with Crippen molar-refractivity contribution in [2.75, 3.05) is 5.32 Å². The van der Waals surface area contributed by atoms with Crippen molar-refractivity contribution in [1.29, 1.82) is 0 Å². The predicted molar refractivity (Wildman–Crippen MR) is 71.2 cm³/mol. The minimum absolute atomic E-state index is 0.119. The van der Waals surface area contributed by atoms with E-state index in [-0.39, 0.29) is 11.9 Å². The molecule has 1 amide bonds. The Morgan fingerprint density at radius 3 is 2.74 bits per heavy atom. The minimum atomic E-state index is -0.316. The van der Waals surface area contributed by atoms with Crippen LogP contribution in [0.3, 0.4) is 0 Å². The molecule has 0 spiro atoms.